The second-order valence-corrected chi connectivity index (χ2v) is 7.02. The maximum Gasteiger partial charge on any atom is 0.222 e. The molecule has 1 aliphatic carbocycles. The van der Waals surface area contributed by atoms with Gasteiger partial charge in [0.05, 0.1) is 12.2 Å². The molecule has 1 heterocycles. The van der Waals surface area contributed by atoms with E-state index in [1.165, 1.54) is 0 Å². The summed E-state index contributed by atoms with van der Waals surface area (Å²) in [4.78, 5) is 16.9. The van der Waals surface area contributed by atoms with E-state index in [0.717, 1.165) is 71.2 Å². The SMILES string of the molecule is CCC(C)OC1CCC(CC(=O)N2CCN(CC)CC2)CC1. The summed E-state index contributed by atoms with van der Waals surface area (Å²) in [6.45, 7) is 11.5. The van der Waals surface area contributed by atoms with E-state index in [1.54, 1.807) is 0 Å². The highest BCUT2D eigenvalue weighted by Gasteiger charge is 2.27. The number of carbonyl (C=O) groups excluding carboxylic acids is 1. The smallest absolute Gasteiger partial charge is 0.222 e. The molecule has 1 saturated carbocycles. The first-order valence-electron chi connectivity index (χ1n) is 9.27. The first-order valence-corrected chi connectivity index (χ1v) is 9.27. The Morgan fingerprint density at radius 2 is 1.73 bits per heavy atom. The summed E-state index contributed by atoms with van der Waals surface area (Å²) < 4.78 is 6.03. The highest BCUT2D eigenvalue weighted by molar-refractivity contribution is 5.76. The number of rotatable bonds is 6. The van der Waals surface area contributed by atoms with Gasteiger partial charge in [0.1, 0.15) is 0 Å². The minimum Gasteiger partial charge on any atom is -0.375 e. The van der Waals surface area contributed by atoms with Gasteiger partial charge in [0.2, 0.25) is 5.91 Å². The van der Waals surface area contributed by atoms with Crippen LogP contribution in [0.2, 0.25) is 0 Å². The minimum atomic E-state index is 0.373. The molecule has 1 atom stereocenters. The van der Waals surface area contributed by atoms with Crippen molar-refractivity contribution < 1.29 is 9.53 Å². The molecule has 0 aromatic carbocycles. The van der Waals surface area contributed by atoms with E-state index in [4.69, 9.17) is 4.74 Å². The second kappa shape index (κ2) is 8.88. The van der Waals surface area contributed by atoms with Gasteiger partial charge >= 0.3 is 0 Å². The van der Waals surface area contributed by atoms with Crippen LogP contribution in [0.5, 0.6) is 0 Å². The van der Waals surface area contributed by atoms with Gasteiger partial charge < -0.3 is 14.5 Å². The first-order chi connectivity index (χ1) is 10.6. The lowest BCUT2D eigenvalue weighted by Gasteiger charge is -2.36. The van der Waals surface area contributed by atoms with Crippen LogP contribution in [-0.2, 0) is 9.53 Å². The van der Waals surface area contributed by atoms with Gasteiger partial charge in [-0.15, -0.1) is 0 Å². The zero-order valence-electron chi connectivity index (χ0n) is 14.7. The van der Waals surface area contributed by atoms with Crippen LogP contribution in [0.3, 0.4) is 0 Å². The molecule has 1 saturated heterocycles. The molecule has 1 unspecified atom stereocenters. The number of carbonyl (C=O) groups is 1. The molecule has 128 valence electrons. The number of amides is 1. The molecule has 22 heavy (non-hydrogen) atoms. The summed E-state index contributed by atoms with van der Waals surface area (Å²) in [6, 6.07) is 0. The average molecular weight is 310 g/mol. The zero-order chi connectivity index (χ0) is 15.9. The Bertz CT molecular complexity index is 332. The fraction of sp³-hybridized carbons (Fsp3) is 0.944. The van der Waals surface area contributed by atoms with Crippen LogP contribution in [0.15, 0.2) is 0 Å². The van der Waals surface area contributed by atoms with E-state index in [9.17, 15) is 4.79 Å². The molecule has 1 aliphatic heterocycles. The van der Waals surface area contributed by atoms with Gasteiger partial charge in [-0.2, -0.15) is 0 Å². The molecule has 2 rings (SSSR count). The topological polar surface area (TPSA) is 32.8 Å². The highest BCUT2D eigenvalue weighted by atomic mass is 16.5. The summed E-state index contributed by atoms with van der Waals surface area (Å²) in [7, 11) is 0. The van der Waals surface area contributed by atoms with Crippen LogP contribution in [0.25, 0.3) is 0 Å². The van der Waals surface area contributed by atoms with Crippen LogP contribution < -0.4 is 0 Å². The first kappa shape index (κ1) is 17.7. The predicted octanol–water partition coefficient (Wildman–Crippen LogP) is 2.91. The van der Waals surface area contributed by atoms with Gasteiger partial charge in [0, 0.05) is 32.6 Å². The molecule has 2 fully saturated rings. The molecule has 0 bridgehead atoms. The van der Waals surface area contributed by atoms with Crippen LogP contribution in [0.4, 0.5) is 0 Å². The summed E-state index contributed by atoms with van der Waals surface area (Å²) in [6.07, 6.45) is 7.21. The lowest BCUT2D eigenvalue weighted by atomic mass is 9.85. The van der Waals surface area contributed by atoms with Crippen molar-refractivity contribution in [2.24, 2.45) is 5.92 Å². The molecule has 4 nitrogen and oxygen atoms in total. The van der Waals surface area contributed by atoms with E-state index >= 15 is 0 Å². The van der Waals surface area contributed by atoms with Gasteiger partial charge in [-0.25, -0.2) is 0 Å². The standard InChI is InChI=1S/C18H34N2O2/c1-4-15(3)22-17-8-6-16(7-9-17)14-18(21)20-12-10-19(5-2)11-13-20/h15-17H,4-14H2,1-3H3. The molecular formula is C18H34N2O2. The van der Waals surface area contributed by atoms with Crippen molar-refractivity contribution in [1.82, 2.24) is 9.80 Å². The fourth-order valence-electron chi connectivity index (χ4n) is 3.59. The van der Waals surface area contributed by atoms with E-state index in [-0.39, 0.29) is 0 Å². The number of hydrogen-bond acceptors (Lipinski definition) is 3. The summed E-state index contributed by atoms with van der Waals surface area (Å²) in [5.41, 5.74) is 0. The van der Waals surface area contributed by atoms with Crippen molar-refractivity contribution in [3.63, 3.8) is 0 Å². The fourth-order valence-corrected chi connectivity index (χ4v) is 3.59. The second-order valence-electron chi connectivity index (χ2n) is 7.02. The van der Waals surface area contributed by atoms with Crippen LogP contribution in [0.1, 0.15) is 59.3 Å². The van der Waals surface area contributed by atoms with Crippen LogP contribution in [-0.4, -0.2) is 60.6 Å². The van der Waals surface area contributed by atoms with Gasteiger partial charge in [-0.05, 0) is 51.5 Å². The molecule has 2 aliphatic rings. The van der Waals surface area contributed by atoms with Crippen LogP contribution >= 0.6 is 0 Å². The van der Waals surface area contributed by atoms with Crippen molar-refractivity contribution in [2.45, 2.75) is 71.5 Å². The monoisotopic (exact) mass is 310 g/mol. The molecular weight excluding hydrogens is 276 g/mol. The van der Waals surface area contributed by atoms with Crippen molar-refractivity contribution in [3.8, 4) is 0 Å². The molecule has 0 N–H and O–H groups in total. The van der Waals surface area contributed by atoms with Crippen molar-refractivity contribution in [2.75, 3.05) is 32.7 Å². The summed E-state index contributed by atoms with van der Waals surface area (Å²) in [5, 5.41) is 0. The Morgan fingerprint density at radius 3 is 2.27 bits per heavy atom. The van der Waals surface area contributed by atoms with E-state index in [1.807, 2.05) is 0 Å². The summed E-state index contributed by atoms with van der Waals surface area (Å²) >= 11 is 0. The molecule has 0 spiro atoms. The minimum absolute atomic E-state index is 0.373. The maximum absolute atomic E-state index is 12.4. The summed E-state index contributed by atoms with van der Waals surface area (Å²) in [5.74, 6) is 0.954. The molecule has 4 heteroatoms. The quantitative estimate of drug-likeness (QED) is 0.756. The van der Waals surface area contributed by atoms with Gasteiger partial charge in [0.15, 0.2) is 0 Å². The van der Waals surface area contributed by atoms with Crippen molar-refractivity contribution in [1.29, 1.82) is 0 Å². The average Bonchev–Trinajstić information content (AvgIpc) is 2.56. The van der Waals surface area contributed by atoms with Crippen LogP contribution in [0, 0.1) is 5.92 Å². The lowest BCUT2D eigenvalue weighted by molar-refractivity contribution is -0.134. The van der Waals surface area contributed by atoms with E-state index < -0.39 is 0 Å². The van der Waals surface area contributed by atoms with E-state index in [2.05, 4.69) is 30.6 Å². The largest absolute Gasteiger partial charge is 0.375 e. The lowest BCUT2D eigenvalue weighted by Crippen LogP contribution is -2.48. The highest BCUT2D eigenvalue weighted by Crippen LogP contribution is 2.30. The van der Waals surface area contributed by atoms with Crippen molar-refractivity contribution >= 4 is 5.91 Å². The zero-order valence-corrected chi connectivity index (χ0v) is 14.7. The molecule has 0 radical (unpaired) electrons. The number of nitrogens with zero attached hydrogens (tertiary/aromatic N) is 2. The van der Waals surface area contributed by atoms with Gasteiger partial charge in [-0.3, -0.25) is 4.79 Å². The molecule has 0 aromatic rings. The normalized spacial score (nSPS) is 28.6. The Kier molecular flexibility index (Phi) is 7.16. The Morgan fingerprint density at radius 1 is 1.09 bits per heavy atom. The predicted molar refractivity (Wildman–Crippen MR) is 89.9 cm³/mol. The van der Waals surface area contributed by atoms with Crippen molar-refractivity contribution in [3.05, 3.63) is 0 Å². The Labute approximate surface area is 136 Å². The number of piperazine rings is 1. The number of likely N-dealkylation sites (N-methyl/N-ethyl adjacent to an activating group) is 1. The number of ether oxygens (including phenoxy) is 1. The molecule has 0 aromatic heterocycles. The Hall–Kier alpha value is -0.610. The number of hydrogen-bond donors (Lipinski definition) is 0. The van der Waals surface area contributed by atoms with Gasteiger partial charge in [-0.1, -0.05) is 13.8 Å². The maximum atomic E-state index is 12.4. The Balaban J connectivity index is 1.66. The van der Waals surface area contributed by atoms with Gasteiger partial charge in [0.25, 0.3) is 0 Å². The third-order valence-electron chi connectivity index (χ3n) is 5.43. The van der Waals surface area contributed by atoms with E-state index in [0.29, 0.717) is 24.0 Å². The third-order valence-corrected chi connectivity index (χ3v) is 5.43. The molecule has 1 amide bonds. The third kappa shape index (κ3) is 5.24.